The van der Waals surface area contributed by atoms with Crippen LogP contribution in [-0.2, 0) is 4.74 Å². The first-order chi connectivity index (χ1) is 8.15. The molecule has 0 aliphatic rings. The van der Waals surface area contributed by atoms with Crippen molar-refractivity contribution in [2.24, 2.45) is 5.73 Å². The van der Waals surface area contributed by atoms with Gasteiger partial charge >= 0.3 is 0 Å². The summed E-state index contributed by atoms with van der Waals surface area (Å²) in [4.78, 5) is 0. The highest BCUT2D eigenvalue weighted by Gasteiger charge is 2.05. The Morgan fingerprint density at radius 2 is 2.12 bits per heavy atom. The molecule has 0 aliphatic carbocycles. The first-order valence-electron chi connectivity index (χ1n) is 5.51. The van der Waals surface area contributed by atoms with Gasteiger partial charge in [-0.3, -0.25) is 0 Å². The highest BCUT2D eigenvalue weighted by molar-refractivity contribution is 6.32. The third-order valence-corrected chi connectivity index (χ3v) is 2.50. The van der Waals surface area contributed by atoms with E-state index in [-0.39, 0.29) is 12.6 Å². The lowest BCUT2D eigenvalue weighted by atomic mass is 10.1. The predicted molar refractivity (Wildman–Crippen MR) is 67.5 cm³/mol. The van der Waals surface area contributed by atoms with E-state index in [9.17, 15) is 0 Å². The van der Waals surface area contributed by atoms with Gasteiger partial charge in [0.1, 0.15) is 12.4 Å². The predicted octanol–water partition coefficient (Wildman–Crippen LogP) is 1.75. The van der Waals surface area contributed by atoms with Gasteiger partial charge in [-0.15, -0.1) is 0 Å². The number of hydrogen-bond acceptors (Lipinski definition) is 4. The van der Waals surface area contributed by atoms with Gasteiger partial charge in [-0.2, -0.15) is 0 Å². The zero-order chi connectivity index (χ0) is 12.7. The van der Waals surface area contributed by atoms with E-state index in [0.29, 0.717) is 30.6 Å². The van der Waals surface area contributed by atoms with E-state index in [1.807, 2.05) is 13.0 Å². The molecule has 0 aliphatic heterocycles. The summed E-state index contributed by atoms with van der Waals surface area (Å²) >= 11 is 6.05. The fraction of sp³-hybridized carbons (Fsp3) is 0.500. The molecule has 17 heavy (non-hydrogen) atoms. The van der Waals surface area contributed by atoms with Gasteiger partial charge in [-0.1, -0.05) is 17.7 Å². The lowest BCUT2D eigenvalue weighted by Gasteiger charge is -2.11. The molecule has 1 rings (SSSR count). The van der Waals surface area contributed by atoms with Gasteiger partial charge in [0.15, 0.2) is 0 Å². The van der Waals surface area contributed by atoms with Crippen LogP contribution in [0.1, 0.15) is 18.5 Å². The Bertz CT molecular complexity index is 345. The molecular weight excluding hydrogens is 242 g/mol. The number of hydrogen-bond donors (Lipinski definition) is 2. The summed E-state index contributed by atoms with van der Waals surface area (Å²) in [7, 11) is 0. The Labute approximate surface area is 106 Å². The van der Waals surface area contributed by atoms with Crippen LogP contribution in [0.2, 0.25) is 5.02 Å². The van der Waals surface area contributed by atoms with Crippen molar-refractivity contribution < 1.29 is 14.6 Å². The van der Waals surface area contributed by atoms with Gasteiger partial charge in [0.25, 0.3) is 0 Å². The minimum atomic E-state index is -0.0468. The highest BCUT2D eigenvalue weighted by atomic mass is 35.5. The summed E-state index contributed by atoms with van der Waals surface area (Å²) in [5.74, 6) is 0.615. The molecule has 0 unspecified atom stereocenters. The molecule has 1 atom stereocenters. The number of aliphatic hydroxyl groups excluding tert-OH is 1. The largest absolute Gasteiger partial charge is 0.490 e. The quantitative estimate of drug-likeness (QED) is 0.733. The van der Waals surface area contributed by atoms with Gasteiger partial charge in [-0.05, 0) is 24.6 Å². The Kier molecular flexibility index (Phi) is 6.29. The van der Waals surface area contributed by atoms with Crippen molar-refractivity contribution in [2.75, 3.05) is 26.4 Å². The molecule has 0 fully saturated rings. The summed E-state index contributed by atoms with van der Waals surface area (Å²) in [6, 6.07) is 5.44. The van der Waals surface area contributed by atoms with Crippen LogP contribution in [0.4, 0.5) is 0 Å². The Hall–Kier alpha value is -0.810. The van der Waals surface area contributed by atoms with Crippen LogP contribution in [0.25, 0.3) is 0 Å². The summed E-state index contributed by atoms with van der Waals surface area (Å²) < 4.78 is 10.5. The molecular formula is C12H18ClNO3. The Morgan fingerprint density at radius 1 is 1.35 bits per heavy atom. The summed E-state index contributed by atoms with van der Waals surface area (Å²) in [6.07, 6.45) is 0. The van der Waals surface area contributed by atoms with Crippen molar-refractivity contribution in [1.82, 2.24) is 0 Å². The zero-order valence-electron chi connectivity index (χ0n) is 9.86. The van der Waals surface area contributed by atoms with Crippen molar-refractivity contribution in [2.45, 2.75) is 13.0 Å². The van der Waals surface area contributed by atoms with Crippen molar-refractivity contribution in [3.8, 4) is 5.75 Å². The molecule has 0 saturated heterocycles. The number of rotatable bonds is 7. The number of halogens is 1. The third-order valence-electron chi connectivity index (χ3n) is 2.20. The van der Waals surface area contributed by atoms with Gasteiger partial charge < -0.3 is 20.3 Å². The maximum Gasteiger partial charge on any atom is 0.138 e. The molecule has 5 heteroatoms. The van der Waals surface area contributed by atoms with E-state index in [1.165, 1.54) is 0 Å². The van der Waals surface area contributed by atoms with E-state index < -0.39 is 0 Å². The number of aliphatic hydroxyl groups is 1. The standard InChI is InChI=1S/C12H18ClNO3/c1-9(14)10-2-3-12(11(13)8-10)17-7-6-16-5-4-15/h2-3,8-9,15H,4-7,14H2,1H3/t9-/m0/s1. The number of benzene rings is 1. The summed E-state index contributed by atoms with van der Waals surface area (Å²) in [5.41, 5.74) is 6.72. The third kappa shape index (κ3) is 4.91. The molecule has 96 valence electrons. The van der Waals surface area contributed by atoms with Crippen LogP contribution in [-0.4, -0.2) is 31.5 Å². The number of nitrogens with two attached hydrogens (primary N) is 1. The van der Waals surface area contributed by atoms with Crippen LogP contribution in [0.3, 0.4) is 0 Å². The van der Waals surface area contributed by atoms with E-state index in [2.05, 4.69) is 0 Å². The maximum atomic E-state index is 8.51. The number of ether oxygens (including phenoxy) is 2. The molecule has 1 aromatic carbocycles. The smallest absolute Gasteiger partial charge is 0.138 e. The zero-order valence-corrected chi connectivity index (χ0v) is 10.6. The van der Waals surface area contributed by atoms with Crippen LogP contribution >= 0.6 is 11.6 Å². The molecule has 0 radical (unpaired) electrons. The fourth-order valence-electron chi connectivity index (χ4n) is 1.29. The van der Waals surface area contributed by atoms with Crippen molar-refractivity contribution in [3.05, 3.63) is 28.8 Å². The van der Waals surface area contributed by atoms with E-state index in [4.69, 9.17) is 31.9 Å². The molecule has 0 spiro atoms. The Balaban J connectivity index is 2.43. The first-order valence-corrected chi connectivity index (χ1v) is 5.89. The molecule has 3 N–H and O–H groups in total. The lowest BCUT2D eigenvalue weighted by molar-refractivity contribution is 0.0705. The molecule has 1 aromatic rings. The van der Waals surface area contributed by atoms with Crippen LogP contribution in [0.5, 0.6) is 5.75 Å². The summed E-state index contributed by atoms with van der Waals surface area (Å²) in [6.45, 7) is 3.06. The van der Waals surface area contributed by atoms with Crippen molar-refractivity contribution in [1.29, 1.82) is 0 Å². The summed E-state index contributed by atoms with van der Waals surface area (Å²) in [5, 5.41) is 9.05. The minimum Gasteiger partial charge on any atom is -0.490 e. The monoisotopic (exact) mass is 259 g/mol. The normalized spacial score (nSPS) is 12.5. The molecule has 0 aromatic heterocycles. The van der Waals surface area contributed by atoms with Gasteiger partial charge in [0.2, 0.25) is 0 Å². The van der Waals surface area contributed by atoms with Gasteiger partial charge in [0, 0.05) is 6.04 Å². The van der Waals surface area contributed by atoms with Crippen LogP contribution in [0.15, 0.2) is 18.2 Å². The van der Waals surface area contributed by atoms with E-state index in [0.717, 1.165) is 5.56 Å². The fourth-order valence-corrected chi connectivity index (χ4v) is 1.54. The van der Waals surface area contributed by atoms with Crippen LogP contribution < -0.4 is 10.5 Å². The van der Waals surface area contributed by atoms with Crippen molar-refractivity contribution in [3.63, 3.8) is 0 Å². The second-order valence-electron chi connectivity index (χ2n) is 3.66. The average molecular weight is 260 g/mol. The van der Waals surface area contributed by atoms with Crippen LogP contribution in [0, 0.1) is 0 Å². The van der Waals surface area contributed by atoms with Crippen molar-refractivity contribution >= 4 is 11.6 Å². The van der Waals surface area contributed by atoms with E-state index >= 15 is 0 Å². The Morgan fingerprint density at radius 3 is 2.71 bits per heavy atom. The molecule has 4 nitrogen and oxygen atoms in total. The minimum absolute atomic E-state index is 0.0177. The van der Waals surface area contributed by atoms with Gasteiger partial charge in [0.05, 0.1) is 24.8 Å². The molecule has 0 bridgehead atoms. The van der Waals surface area contributed by atoms with Gasteiger partial charge in [-0.25, -0.2) is 0 Å². The molecule has 0 saturated carbocycles. The SMILES string of the molecule is C[C@H](N)c1ccc(OCCOCCO)c(Cl)c1. The second kappa shape index (κ2) is 7.50. The lowest BCUT2D eigenvalue weighted by Crippen LogP contribution is -2.09. The second-order valence-corrected chi connectivity index (χ2v) is 4.07. The maximum absolute atomic E-state index is 8.51. The topological polar surface area (TPSA) is 64.7 Å². The average Bonchev–Trinajstić information content (AvgIpc) is 2.30. The molecule has 0 amide bonds. The van der Waals surface area contributed by atoms with E-state index in [1.54, 1.807) is 12.1 Å². The highest BCUT2D eigenvalue weighted by Crippen LogP contribution is 2.27. The molecule has 0 heterocycles. The first kappa shape index (κ1) is 14.3.